The van der Waals surface area contributed by atoms with Crippen LogP contribution in [-0.4, -0.2) is 29.0 Å². The van der Waals surface area contributed by atoms with E-state index in [1.165, 1.54) is 17.2 Å². The topological polar surface area (TPSA) is 72.7 Å². The molecule has 17 heavy (non-hydrogen) atoms. The number of amides is 1. The Morgan fingerprint density at radius 3 is 2.88 bits per heavy atom. The minimum atomic E-state index is -0.571. The lowest BCUT2D eigenvalue weighted by Gasteiger charge is -2.14. The first-order valence-corrected chi connectivity index (χ1v) is 5.36. The van der Waals surface area contributed by atoms with Crippen LogP contribution < -0.4 is 0 Å². The molecule has 1 aliphatic heterocycles. The Bertz CT molecular complexity index is 471. The molecule has 1 aliphatic rings. The summed E-state index contributed by atoms with van der Waals surface area (Å²) in [5.74, 6) is -0.448. The lowest BCUT2D eigenvalue weighted by Crippen LogP contribution is -2.26. The van der Waals surface area contributed by atoms with Gasteiger partial charge in [0.2, 0.25) is 0 Å². The van der Waals surface area contributed by atoms with Crippen molar-refractivity contribution in [3.8, 4) is 0 Å². The molecule has 7 heteroatoms. The van der Waals surface area contributed by atoms with Crippen molar-refractivity contribution in [1.82, 2.24) is 5.06 Å². The number of benzene rings is 1. The summed E-state index contributed by atoms with van der Waals surface area (Å²) in [5.41, 5.74) is -0.0836. The zero-order chi connectivity index (χ0) is 12.4. The first-order chi connectivity index (χ1) is 8.09. The second-order valence-electron chi connectivity index (χ2n) is 3.52. The largest absolute Gasteiger partial charge is 0.279 e. The highest BCUT2D eigenvalue weighted by molar-refractivity contribution is 6.33. The van der Waals surface area contributed by atoms with Crippen molar-refractivity contribution < 1.29 is 14.6 Å². The molecular formula is C10H9ClN2O4. The third-order valence-corrected chi connectivity index (χ3v) is 2.70. The molecule has 6 nitrogen and oxygen atoms in total. The number of nitro benzene ring substituents is 1. The smallest absolute Gasteiger partial charge is 0.271 e. The van der Waals surface area contributed by atoms with E-state index < -0.39 is 10.8 Å². The quantitative estimate of drug-likeness (QED) is 0.599. The van der Waals surface area contributed by atoms with Crippen molar-refractivity contribution in [2.24, 2.45) is 0 Å². The fourth-order valence-electron chi connectivity index (χ4n) is 1.53. The predicted molar refractivity (Wildman–Crippen MR) is 59.7 cm³/mol. The van der Waals surface area contributed by atoms with E-state index >= 15 is 0 Å². The molecule has 0 bridgehead atoms. The van der Waals surface area contributed by atoms with Crippen LogP contribution in [0.2, 0.25) is 5.02 Å². The lowest BCUT2D eigenvalue weighted by atomic mass is 10.2. The van der Waals surface area contributed by atoms with Crippen LogP contribution in [0.15, 0.2) is 18.2 Å². The van der Waals surface area contributed by atoms with Gasteiger partial charge in [-0.2, -0.15) is 0 Å². The van der Waals surface area contributed by atoms with Crippen LogP contribution in [0.5, 0.6) is 0 Å². The summed E-state index contributed by atoms with van der Waals surface area (Å²) in [7, 11) is 0. The molecule has 1 fully saturated rings. The van der Waals surface area contributed by atoms with E-state index in [1.54, 1.807) is 0 Å². The summed E-state index contributed by atoms with van der Waals surface area (Å²) in [6, 6.07) is 3.75. The molecule has 2 rings (SSSR count). The van der Waals surface area contributed by atoms with Gasteiger partial charge in [0.05, 0.1) is 28.7 Å². The monoisotopic (exact) mass is 256 g/mol. The van der Waals surface area contributed by atoms with Crippen LogP contribution in [0.4, 0.5) is 5.69 Å². The van der Waals surface area contributed by atoms with Crippen LogP contribution in [0.1, 0.15) is 16.8 Å². The third-order valence-electron chi connectivity index (χ3n) is 2.37. The number of hydrogen-bond donors (Lipinski definition) is 0. The van der Waals surface area contributed by atoms with E-state index in [4.69, 9.17) is 16.4 Å². The highest BCUT2D eigenvalue weighted by Crippen LogP contribution is 2.24. The van der Waals surface area contributed by atoms with Gasteiger partial charge in [-0.05, 0) is 12.5 Å². The molecule has 0 unspecified atom stereocenters. The highest BCUT2D eigenvalue weighted by Gasteiger charge is 2.24. The number of carbonyl (C=O) groups excluding carboxylic acids is 1. The van der Waals surface area contributed by atoms with Gasteiger partial charge >= 0.3 is 0 Å². The molecule has 90 valence electrons. The number of hydrogen-bond acceptors (Lipinski definition) is 4. The van der Waals surface area contributed by atoms with E-state index in [9.17, 15) is 14.9 Å². The normalized spacial score (nSPS) is 15.0. The van der Waals surface area contributed by atoms with E-state index in [0.29, 0.717) is 13.2 Å². The van der Waals surface area contributed by atoms with Gasteiger partial charge in [-0.3, -0.25) is 19.7 Å². The second kappa shape index (κ2) is 4.68. The van der Waals surface area contributed by atoms with Gasteiger partial charge in [-0.1, -0.05) is 11.6 Å². The lowest BCUT2D eigenvalue weighted by molar-refractivity contribution is -0.384. The number of carbonyl (C=O) groups is 1. The Hall–Kier alpha value is -1.66. The number of nitrogens with zero attached hydrogens (tertiary/aromatic N) is 2. The molecule has 0 spiro atoms. The molecule has 1 heterocycles. The van der Waals surface area contributed by atoms with Crippen molar-refractivity contribution in [2.75, 3.05) is 13.2 Å². The molecule has 1 saturated heterocycles. The van der Waals surface area contributed by atoms with E-state index in [2.05, 4.69) is 0 Å². The molecule has 0 aliphatic carbocycles. The Kier molecular flexibility index (Phi) is 3.26. The van der Waals surface area contributed by atoms with Gasteiger partial charge in [0.25, 0.3) is 11.6 Å². The highest BCUT2D eigenvalue weighted by atomic mass is 35.5. The summed E-state index contributed by atoms with van der Waals surface area (Å²) in [6.45, 7) is 0.941. The second-order valence-corrected chi connectivity index (χ2v) is 3.92. The van der Waals surface area contributed by atoms with Crippen molar-refractivity contribution in [3.63, 3.8) is 0 Å². The van der Waals surface area contributed by atoms with Crippen molar-refractivity contribution in [3.05, 3.63) is 38.9 Å². The van der Waals surface area contributed by atoms with Crippen LogP contribution in [0, 0.1) is 10.1 Å². The molecule has 0 radical (unpaired) electrons. The van der Waals surface area contributed by atoms with Gasteiger partial charge < -0.3 is 0 Å². The van der Waals surface area contributed by atoms with Gasteiger partial charge in [-0.25, -0.2) is 5.06 Å². The van der Waals surface area contributed by atoms with E-state index in [1.807, 2.05) is 0 Å². The molecule has 0 saturated carbocycles. The maximum atomic E-state index is 11.9. The Labute approximate surface area is 102 Å². The van der Waals surface area contributed by atoms with Crippen LogP contribution in [-0.2, 0) is 4.84 Å². The van der Waals surface area contributed by atoms with E-state index in [0.717, 1.165) is 12.5 Å². The number of non-ortho nitro benzene ring substituents is 1. The SMILES string of the molecule is O=C(c1cc([N+](=O)[O-])ccc1Cl)N1CCCO1. The average Bonchev–Trinajstić information content (AvgIpc) is 2.81. The Balaban J connectivity index is 2.32. The number of halogens is 1. The van der Waals surface area contributed by atoms with Gasteiger partial charge in [-0.15, -0.1) is 0 Å². The molecular weight excluding hydrogens is 248 g/mol. The van der Waals surface area contributed by atoms with Crippen molar-refractivity contribution in [2.45, 2.75) is 6.42 Å². The number of nitro groups is 1. The molecule has 0 aromatic heterocycles. The molecule has 1 aromatic rings. The summed E-state index contributed by atoms with van der Waals surface area (Å²) in [4.78, 5) is 27.1. The van der Waals surface area contributed by atoms with E-state index in [-0.39, 0.29) is 16.3 Å². The Morgan fingerprint density at radius 1 is 1.53 bits per heavy atom. The number of hydroxylamine groups is 2. The first-order valence-electron chi connectivity index (χ1n) is 4.98. The van der Waals surface area contributed by atoms with Crippen LogP contribution >= 0.6 is 11.6 Å². The Morgan fingerprint density at radius 2 is 2.29 bits per heavy atom. The molecule has 1 aromatic carbocycles. The zero-order valence-electron chi connectivity index (χ0n) is 8.76. The zero-order valence-corrected chi connectivity index (χ0v) is 9.51. The first kappa shape index (κ1) is 11.8. The third kappa shape index (κ3) is 2.37. The molecule has 0 N–H and O–H groups in total. The molecule has 1 amide bonds. The van der Waals surface area contributed by atoms with Crippen LogP contribution in [0.25, 0.3) is 0 Å². The van der Waals surface area contributed by atoms with Gasteiger partial charge in [0.1, 0.15) is 0 Å². The summed E-state index contributed by atoms with van der Waals surface area (Å²) < 4.78 is 0. The molecule has 0 atom stereocenters. The summed E-state index contributed by atoms with van der Waals surface area (Å²) >= 11 is 5.85. The van der Waals surface area contributed by atoms with Crippen molar-refractivity contribution in [1.29, 1.82) is 0 Å². The fourth-order valence-corrected chi connectivity index (χ4v) is 1.73. The summed E-state index contributed by atoms with van der Waals surface area (Å²) in [5, 5.41) is 12.0. The maximum Gasteiger partial charge on any atom is 0.279 e. The predicted octanol–water partition coefficient (Wildman–Crippen LogP) is 2.03. The van der Waals surface area contributed by atoms with Crippen molar-refractivity contribution >= 4 is 23.2 Å². The standard InChI is InChI=1S/C10H9ClN2O4/c11-9-3-2-7(13(15)16)6-8(9)10(14)12-4-1-5-17-12/h2-3,6H,1,4-5H2. The average molecular weight is 257 g/mol. The van der Waals surface area contributed by atoms with Gasteiger partial charge in [0.15, 0.2) is 0 Å². The summed E-state index contributed by atoms with van der Waals surface area (Å²) in [6.07, 6.45) is 0.748. The number of rotatable bonds is 2. The fraction of sp³-hybridized carbons (Fsp3) is 0.300. The van der Waals surface area contributed by atoms with Crippen LogP contribution in [0.3, 0.4) is 0 Å². The van der Waals surface area contributed by atoms with Gasteiger partial charge in [0, 0.05) is 12.1 Å². The minimum absolute atomic E-state index is 0.0859. The maximum absolute atomic E-state index is 11.9. The minimum Gasteiger partial charge on any atom is -0.271 e.